The number of ether oxygens (including phenoxy) is 1. The predicted molar refractivity (Wildman–Crippen MR) is 61.4 cm³/mol. The second kappa shape index (κ2) is 3.24. The first kappa shape index (κ1) is 9.46. The van der Waals surface area contributed by atoms with E-state index in [1.165, 1.54) is 5.56 Å². The second-order valence-electron chi connectivity index (χ2n) is 3.64. The number of para-hydroxylation sites is 1. The number of benzene rings is 1. The Kier molecular flexibility index (Phi) is 2.19. The molecule has 1 aliphatic heterocycles. The van der Waals surface area contributed by atoms with E-state index in [1.54, 1.807) is 0 Å². The zero-order valence-electron chi connectivity index (χ0n) is 8.33. The first-order chi connectivity index (χ1) is 6.65. The molecule has 0 aromatic heterocycles. The van der Waals surface area contributed by atoms with Crippen LogP contribution in [-0.4, -0.2) is 5.17 Å². The van der Waals surface area contributed by atoms with Crippen molar-refractivity contribution in [3.05, 3.63) is 29.8 Å². The van der Waals surface area contributed by atoms with Crippen molar-refractivity contribution in [2.75, 3.05) is 5.32 Å². The molecule has 1 atom stereocenters. The van der Waals surface area contributed by atoms with Gasteiger partial charge in [-0.05, 0) is 31.6 Å². The normalized spacial score (nSPS) is 24.9. The van der Waals surface area contributed by atoms with Crippen molar-refractivity contribution in [2.45, 2.75) is 25.9 Å². The average molecular weight is 207 g/mol. The zero-order chi connectivity index (χ0) is 10.2. The Labute approximate surface area is 89.3 Å². The molecule has 1 heterocycles. The minimum Gasteiger partial charge on any atom is -0.460 e. The lowest BCUT2D eigenvalue weighted by Crippen LogP contribution is -2.36. The van der Waals surface area contributed by atoms with Gasteiger partial charge in [0.25, 0.3) is 5.17 Å². The van der Waals surface area contributed by atoms with Crippen LogP contribution in [0.5, 0.6) is 0 Å². The van der Waals surface area contributed by atoms with Gasteiger partial charge in [0.15, 0.2) is 0 Å². The lowest BCUT2D eigenvalue weighted by Gasteiger charge is -2.36. The highest BCUT2D eigenvalue weighted by atomic mass is 32.1. The molecular weight excluding hydrogens is 194 g/mol. The van der Waals surface area contributed by atoms with Gasteiger partial charge < -0.3 is 10.1 Å². The summed E-state index contributed by atoms with van der Waals surface area (Å²) in [7, 11) is 0. The van der Waals surface area contributed by atoms with Crippen LogP contribution in [0.4, 0.5) is 5.69 Å². The fourth-order valence-corrected chi connectivity index (χ4v) is 2.00. The van der Waals surface area contributed by atoms with Crippen LogP contribution in [0.1, 0.15) is 25.8 Å². The number of fused-ring (bicyclic) bond motifs is 1. The van der Waals surface area contributed by atoms with E-state index in [0.29, 0.717) is 5.17 Å². The minimum absolute atomic E-state index is 0.279. The monoisotopic (exact) mass is 207 g/mol. The molecule has 1 aromatic carbocycles. The van der Waals surface area contributed by atoms with Gasteiger partial charge in [-0.25, -0.2) is 0 Å². The molecule has 0 amide bonds. The van der Waals surface area contributed by atoms with Gasteiger partial charge in [0, 0.05) is 11.3 Å². The summed E-state index contributed by atoms with van der Waals surface area (Å²) in [4.78, 5) is 0. The molecular formula is C11H13NOS. The Morgan fingerprint density at radius 2 is 2.14 bits per heavy atom. The first-order valence-electron chi connectivity index (χ1n) is 4.75. The van der Waals surface area contributed by atoms with Crippen molar-refractivity contribution >= 4 is 23.1 Å². The molecule has 14 heavy (non-hydrogen) atoms. The van der Waals surface area contributed by atoms with Crippen LogP contribution >= 0.6 is 12.2 Å². The molecule has 1 aromatic rings. The first-order valence-corrected chi connectivity index (χ1v) is 5.16. The predicted octanol–water partition coefficient (Wildman–Crippen LogP) is 3.04. The Morgan fingerprint density at radius 3 is 2.86 bits per heavy atom. The van der Waals surface area contributed by atoms with Crippen molar-refractivity contribution in [2.24, 2.45) is 0 Å². The second-order valence-corrected chi connectivity index (χ2v) is 4.02. The molecule has 2 rings (SSSR count). The van der Waals surface area contributed by atoms with E-state index >= 15 is 0 Å². The van der Waals surface area contributed by atoms with Gasteiger partial charge in [0.2, 0.25) is 0 Å². The molecule has 0 spiro atoms. The van der Waals surface area contributed by atoms with E-state index in [9.17, 15) is 0 Å². The number of rotatable bonds is 1. The van der Waals surface area contributed by atoms with Gasteiger partial charge >= 0.3 is 0 Å². The van der Waals surface area contributed by atoms with Crippen LogP contribution < -0.4 is 5.32 Å². The maximum atomic E-state index is 5.67. The summed E-state index contributed by atoms with van der Waals surface area (Å²) in [5.41, 5.74) is 1.96. The standard InChI is InChI=1S/C11H13NOS/c1-3-11(2)8-6-4-5-7-9(8)12-10(14)13-11/h4-7H,3H2,1-2H3,(H,12,14). The molecule has 1 aliphatic rings. The van der Waals surface area contributed by atoms with Crippen LogP contribution in [0.3, 0.4) is 0 Å². The van der Waals surface area contributed by atoms with Crippen molar-refractivity contribution in [1.82, 2.24) is 0 Å². The third kappa shape index (κ3) is 1.38. The number of thiocarbonyl (C=S) groups is 1. The summed E-state index contributed by atoms with van der Waals surface area (Å²) >= 11 is 5.06. The van der Waals surface area contributed by atoms with E-state index < -0.39 is 0 Å². The summed E-state index contributed by atoms with van der Waals surface area (Å²) in [5, 5.41) is 3.52. The SMILES string of the molecule is CCC1(C)OC(=S)Nc2ccccc21. The molecule has 2 nitrogen and oxygen atoms in total. The Bertz CT molecular complexity index is 377. The lowest BCUT2D eigenvalue weighted by molar-refractivity contribution is 0.0690. The fourth-order valence-electron chi connectivity index (χ4n) is 1.71. The summed E-state index contributed by atoms with van der Waals surface area (Å²) in [5.74, 6) is 0. The van der Waals surface area contributed by atoms with E-state index in [0.717, 1.165) is 12.1 Å². The fraction of sp³-hybridized carbons (Fsp3) is 0.364. The number of hydrogen-bond acceptors (Lipinski definition) is 2. The quantitative estimate of drug-likeness (QED) is 0.715. The van der Waals surface area contributed by atoms with E-state index in [2.05, 4.69) is 25.2 Å². The maximum absolute atomic E-state index is 5.67. The van der Waals surface area contributed by atoms with Gasteiger partial charge in [-0.15, -0.1) is 0 Å². The van der Waals surface area contributed by atoms with Crippen molar-refractivity contribution in [1.29, 1.82) is 0 Å². The average Bonchev–Trinajstić information content (AvgIpc) is 2.17. The molecule has 0 saturated carbocycles. The number of nitrogens with one attached hydrogen (secondary N) is 1. The molecule has 1 N–H and O–H groups in total. The highest BCUT2D eigenvalue weighted by Crippen LogP contribution is 2.37. The van der Waals surface area contributed by atoms with Gasteiger partial charge in [-0.1, -0.05) is 25.1 Å². The lowest BCUT2D eigenvalue weighted by atomic mass is 9.90. The van der Waals surface area contributed by atoms with Gasteiger partial charge in [-0.3, -0.25) is 0 Å². The highest BCUT2D eigenvalue weighted by Gasteiger charge is 2.33. The van der Waals surface area contributed by atoms with Crippen LogP contribution in [0.25, 0.3) is 0 Å². The summed E-state index contributed by atoms with van der Waals surface area (Å²) in [6, 6.07) is 8.12. The topological polar surface area (TPSA) is 21.3 Å². The van der Waals surface area contributed by atoms with Gasteiger partial charge in [0.1, 0.15) is 5.60 Å². The van der Waals surface area contributed by atoms with E-state index in [1.807, 2.05) is 18.2 Å². The van der Waals surface area contributed by atoms with Crippen LogP contribution in [0.15, 0.2) is 24.3 Å². The highest BCUT2D eigenvalue weighted by molar-refractivity contribution is 7.80. The third-order valence-electron chi connectivity index (χ3n) is 2.73. The molecule has 1 unspecified atom stereocenters. The van der Waals surface area contributed by atoms with E-state index in [-0.39, 0.29) is 5.60 Å². The zero-order valence-corrected chi connectivity index (χ0v) is 9.15. The number of hydrogen-bond donors (Lipinski definition) is 1. The molecule has 74 valence electrons. The Hall–Kier alpha value is -1.09. The summed E-state index contributed by atoms with van der Waals surface area (Å²) in [6.45, 7) is 4.17. The summed E-state index contributed by atoms with van der Waals surface area (Å²) < 4.78 is 5.67. The van der Waals surface area contributed by atoms with Gasteiger partial charge in [-0.2, -0.15) is 0 Å². The number of anilines is 1. The minimum atomic E-state index is -0.279. The summed E-state index contributed by atoms with van der Waals surface area (Å²) in [6.07, 6.45) is 0.909. The van der Waals surface area contributed by atoms with Crippen molar-refractivity contribution < 1.29 is 4.74 Å². The van der Waals surface area contributed by atoms with Crippen LogP contribution in [0.2, 0.25) is 0 Å². The van der Waals surface area contributed by atoms with Crippen LogP contribution in [0, 0.1) is 0 Å². The smallest absolute Gasteiger partial charge is 0.262 e. The third-order valence-corrected chi connectivity index (χ3v) is 2.91. The molecule has 0 aliphatic carbocycles. The van der Waals surface area contributed by atoms with E-state index in [4.69, 9.17) is 17.0 Å². The Morgan fingerprint density at radius 1 is 1.43 bits per heavy atom. The largest absolute Gasteiger partial charge is 0.460 e. The molecule has 0 bridgehead atoms. The Balaban J connectivity index is 2.54. The molecule has 0 radical (unpaired) electrons. The van der Waals surface area contributed by atoms with Gasteiger partial charge in [0.05, 0.1) is 0 Å². The molecule has 0 saturated heterocycles. The van der Waals surface area contributed by atoms with Crippen LogP contribution in [-0.2, 0) is 10.3 Å². The molecule has 3 heteroatoms. The van der Waals surface area contributed by atoms with Crippen molar-refractivity contribution in [3.8, 4) is 0 Å². The maximum Gasteiger partial charge on any atom is 0.262 e. The molecule has 0 fully saturated rings. The van der Waals surface area contributed by atoms with Crippen molar-refractivity contribution in [3.63, 3.8) is 0 Å².